The Bertz CT molecular complexity index is 718. The van der Waals surface area contributed by atoms with Gasteiger partial charge in [0.2, 0.25) is 5.91 Å². The summed E-state index contributed by atoms with van der Waals surface area (Å²) in [7, 11) is 1.42. The number of ether oxygens (including phenoxy) is 1. The Morgan fingerprint density at radius 3 is 2.76 bits per heavy atom. The lowest BCUT2D eigenvalue weighted by molar-refractivity contribution is -0.384. The van der Waals surface area contributed by atoms with E-state index in [1.54, 1.807) is 12.1 Å². The molecule has 7 nitrogen and oxygen atoms in total. The largest absolute Gasteiger partial charge is 0.496 e. The van der Waals surface area contributed by atoms with E-state index in [0.717, 1.165) is 0 Å². The molecule has 2 N–H and O–H groups in total. The lowest BCUT2D eigenvalue weighted by Gasteiger charge is -2.05. The molecule has 1 aromatic carbocycles. The van der Waals surface area contributed by atoms with E-state index in [-0.39, 0.29) is 5.69 Å². The van der Waals surface area contributed by atoms with Crippen molar-refractivity contribution < 1.29 is 18.9 Å². The minimum absolute atomic E-state index is 0.0731. The molecular weight excluding hydrogens is 276 g/mol. The Morgan fingerprint density at radius 2 is 2.14 bits per heavy atom. The first-order valence-electron chi connectivity index (χ1n) is 5.91. The molecule has 108 valence electrons. The quantitative estimate of drug-likeness (QED) is 0.516. The van der Waals surface area contributed by atoms with E-state index in [1.807, 2.05) is 0 Å². The minimum Gasteiger partial charge on any atom is -0.496 e. The molecule has 0 atom stereocenters. The van der Waals surface area contributed by atoms with Crippen molar-refractivity contribution in [3.8, 4) is 17.1 Å². The Kier molecular flexibility index (Phi) is 4.03. The fourth-order valence-electron chi connectivity index (χ4n) is 1.75. The maximum atomic E-state index is 10.7. The number of non-ortho nitro benzene ring substituents is 1. The molecule has 0 spiro atoms. The molecule has 0 saturated heterocycles. The molecule has 0 saturated carbocycles. The molecule has 2 rings (SSSR count). The number of nitrogens with zero attached hydrogens (tertiary/aromatic N) is 1. The van der Waals surface area contributed by atoms with E-state index >= 15 is 0 Å². The van der Waals surface area contributed by atoms with Crippen molar-refractivity contribution in [1.29, 1.82) is 0 Å². The minimum atomic E-state index is -0.583. The standard InChI is InChI=1S/C14H12N2O5/c1-20-13-8-9(16(18)19)2-5-11(13)12-6-3-10(21-12)4-7-14(15)17/h2-8H,1H3,(H2,15,17)/b7-4+. The van der Waals surface area contributed by atoms with Crippen LogP contribution in [0.4, 0.5) is 5.69 Å². The summed E-state index contributed by atoms with van der Waals surface area (Å²) in [6.45, 7) is 0. The summed E-state index contributed by atoms with van der Waals surface area (Å²) in [5.74, 6) is 0.639. The molecule has 1 amide bonds. The first kappa shape index (κ1) is 14.3. The highest BCUT2D eigenvalue weighted by Crippen LogP contribution is 2.34. The first-order valence-corrected chi connectivity index (χ1v) is 5.91. The number of hydrogen-bond acceptors (Lipinski definition) is 5. The van der Waals surface area contributed by atoms with Crippen LogP contribution < -0.4 is 10.5 Å². The number of amides is 1. The van der Waals surface area contributed by atoms with Crippen molar-refractivity contribution >= 4 is 17.7 Å². The van der Waals surface area contributed by atoms with E-state index in [4.69, 9.17) is 14.9 Å². The third-order valence-electron chi connectivity index (χ3n) is 2.70. The van der Waals surface area contributed by atoms with Crippen LogP contribution in [0.25, 0.3) is 17.4 Å². The highest BCUT2D eigenvalue weighted by Gasteiger charge is 2.14. The number of hydrogen-bond donors (Lipinski definition) is 1. The van der Waals surface area contributed by atoms with Crippen LogP contribution in [0.3, 0.4) is 0 Å². The van der Waals surface area contributed by atoms with E-state index in [2.05, 4.69) is 0 Å². The number of benzene rings is 1. The number of nitro benzene ring substituents is 1. The van der Waals surface area contributed by atoms with Gasteiger partial charge in [-0.05, 0) is 24.3 Å². The Balaban J connectivity index is 2.38. The van der Waals surface area contributed by atoms with Gasteiger partial charge in [0, 0.05) is 12.1 Å². The Morgan fingerprint density at radius 1 is 1.38 bits per heavy atom. The van der Waals surface area contributed by atoms with Gasteiger partial charge in [-0.1, -0.05) is 0 Å². The first-order chi connectivity index (χ1) is 10.0. The van der Waals surface area contributed by atoms with Gasteiger partial charge in [0.1, 0.15) is 17.3 Å². The summed E-state index contributed by atoms with van der Waals surface area (Å²) in [5.41, 5.74) is 5.50. The molecule has 1 aromatic heterocycles. The monoisotopic (exact) mass is 288 g/mol. The second-order valence-corrected chi connectivity index (χ2v) is 4.08. The third kappa shape index (κ3) is 3.27. The van der Waals surface area contributed by atoms with E-state index < -0.39 is 10.8 Å². The van der Waals surface area contributed by atoms with Crippen molar-refractivity contribution in [3.05, 3.63) is 52.3 Å². The zero-order chi connectivity index (χ0) is 15.4. The second-order valence-electron chi connectivity index (χ2n) is 4.08. The average Bonchev–Trinajstić information content (AvgIpc) is 2.93. The number of nitrogens with two attached hydrogens (primary N) is 1. The summed E-state index contributed by atoms with van der Waals surface area (Å²) in [6.07, 6.45) is 2.61. The van der Waals surface area contributed by atoms with Crippen LogP contribution in [0, 0.1) is 10.1 Å². The summed E-state index contributed by atoms with van der Waals surface area (Å²) in [6, 6.07) is 7.54. The molecule has 0 aliphatic carbocycles. The van der Waals surface area contributed by atoms with Crippen LogP contribution in [0.2, 0.25) is 0 Å². The van der Waals surface area contributed by atoms with Gasteiger partial charge in [-0.3, -0.25) is 14.9 Å². The Hall–Kier alpha value is -3.09. The van der Waals surface area contributed by atoms with Gasteiger partial charge in [-0.25, -0.2) is 0 Å². The molecule has 0 radical (unpaired) electrons. The molecule has 0 aliphatic rings. The normalized spacial score (nSPS) is 10.7. The molecular formula is C14H12N2O5. The molecule has 0 unspecified atom stereocenters. The summed E-state index contributed by atoms with van der Waals surface area (Å²) >= 11 is 0. The summed E-state index contributed by atoms with van der Waals surface area (Å²) in [5, 5.41) is 10.7. The highest BCUT2D eigenvalue weighted by molar-refractivity contribution is 5.90. The molecule has 21 heavy (non-hydrogen) atoms. The third-order valence-corrected chi connectivity index (χ3v) is 2.70. The van der Waals surface area contributed by atoms with Gasteiger partial charge in [-0.2, -0.15) is 0 Å². The maximum absolute atomic E-state index is 10.7. The van der Waals surface area contributed by atoms with Crippen molar-refractivity contribution in [1.82, 2.24) is 0 Å². The van der Waals surface area contributed by atoms with E-state index in [0.29, 0.717) is 22.8 Å². The molecule has 2 aromatic rings. The van der Waals surface area contributed by atoms with Gasteiger partial charge in [0.05, 0.1) is 23.7 Å². The van der Waals surface area contributed by atoms with E-state index in [9.17, 15) is 14.9 Å². The number of rotatable bonds is 5. The summed E-state index contributed by atoms with van der Waals surface area (Å²) < 4.78 is 10.7. The summed E-state index contributed by atoms with van der Waals surface area (Å²) in [4.78, 5) is 20.9. The number of furan rings is 1. The lowest BCUT2D eigenvalue weighted by atomic mass is 10.1. The predicted molar refractivity (Wildman–Crippen MR) is 75.6 cm³/mol. The van der Waals surface area contributed by atoms with Gasteiger partial charge >= 0.3 is 0 Å². The number of nitro groups is 1. The second kappa shape index (κ2) is 5.91. The van der Waals surface area contributed by atoms with Crippen LogP contribution in [-0.2, 0) is 4.79 Å². The molecule has 0 fully saturated rings. The predicted octanol–water partition coefficient (Wildman–Crippen LogP) is 2.36. The van der Waals surface area contributed by atoms with Crippen LogP contribution in [0.5, 0.6) is 5.75 Å². The number of carbonyl (C=O) groups excluding carboxylic acids is 1. The SMILES string of the molecule is COc1cc([N+](=O)[O-])ccc1-c1ccc(/C=C/C(N)=O)o1. The number of carbonyl (C=O) groups is 1. The maximum Gasteiger partial charge on any atom is 0.273 e. The lowest BCUT2D eigenvalue weighted by Crippen LogP contribution is -2.04. The average molecular weight is 288 g/mol. The topological polar surface area (TPSA) is 109 Å². The van der Waals surface area contributed by atoms with Crippen molar-refractivity contribution in [2.45, 2.75) is 0 Å². The van der Waals surface area contributed by atoms with Crippen molar-refractivity contribution in [2.75, 3.05) is 7.11 Å². The van der Waals surface area contributed by atoms with Crippen molar-refractivity contribution in [2.24, 2.45) is 5.73 Å². The van der Waals surface area contributed by atoms with Crippen molar-refractivity contribution in [3.63, 3.8) is 0 Å². The molecule has 0 aliphatic heterocycles. The van der Waals surface area contributed by atoms with E-state index in [1.165, 1.54) is 37.5 Å². The zero-order valence-electron chi connectivity index (χ0n) is 11.1. The van der Waals surface area contributed by atoms with Crippen LogP contribution in [0.15, 0.2) is 40.8 Å². The fraction of sp³-hybridized carbons (Fsp3) is 0.0714. The zero-order valence-corrected chi connectivity index (χ0v) is 11.1. The van der Waals surface area contributed by atoms with Crippen LogP contribution in [-0.4, -0.2) is 17.9 Å². The smallest absolute Gasteiger partial charge is 0.273 e. The molecule has 1 heterocycles. The van der Waals surface area contributed by atoms with Crippen LogP contribution >= 0.6 is 0 Å². The van der Waals surface area contributed by atoms with Gasteiger partial charge < -0.3 is 14.9 Å². The molecule has 0 bridgehead atoms. The van der Waals surface area contributed by atoms with Crippen LogP contribution in [0.1, 0.15) is 5.76 Å². The number of methoxy groups -OCH3 is 1. The van der Waals surface area contributed by atoms with Gasteiger partial charge in [0.15, 0.2) is 0 Å². The Labute approximate surface area is 119 Å². The van der Waals surface area contributed by atoms with Gasteiger partial charge in [0.25, 0.3) is 5.69 Å². The molecule has 7 heteroatoms. The fourth-order valence-corrected chi connectivity index (χ4v) is 1.75. The number of primary amides is 1. The highest BCUT2D eigenvalue weighted by atomic mass is 16.6. The van der Waals surface area contributed by atoms with Gasteiger partial charge in [-0.15, -0.1) is 0 Å².